The molecule has 23 heavy (non-hydrogen) atoms. The van der Waals surface area contributed by atoms with Gasteiger partial charge in [0.05, 0.1) is 22.6 Å². The topological polar surface area (TPSA) is 93.1 Å². The van der Waals surface area contributed by atoms with Gasteiger partial charge < -0.3 is 15.0 Å². The number of fused-ring (bicyclic) bond motifs is 1. The molecule has 2 N–H and O–H groups in total. The summed E-state index contributed by atoms with van der Waals surface area (Å²) in [6.45, 7) is 2.85. The third kappa shape index (κ3) is 4.56. The van der Waals surface area contributed by atoms with Gasteiger partial charge >= 0.3 is 0 Å². The van der Waals surface area contributed by atoms with E-state index in [0.29, 0.717) is 23.7 Å². The molecule has 1 aliphatic heterocycles. The summed E-state index contributed by atoms with van der Waals surface area (Å²) in [4.78, 5) is 17.6. The SMILES string of the molecule is Cl.O=[N+]([O-])c1ccc2nc(OCCCC3CCCNC3)[nH]c2c1. The lowest BCUT2D eigenvalue weighted by atomic mass is 9.95. The maximum atomic E-state index is 10.7. The van der Waals surface area contributed by atoms with E-state index in [1.807, 2.05) is 0 Å². The molecule has 1 aliphatic rings. The van der Waals surface area contributed by atoms with Crippen LogP contribution < -0.4 is 10.1 Å². The van der Waals surface area contributed by atoms with Gasteiger partial charge in [0, 0.05) is 12.1 Å². The first-order valence-electron chi connectivity index (χ1n) is 7.70. The van der Waals surface area contributed by atoms with Gasteiger partial charge in [0.15, 0.2) is 0 Å². The van der Waals surface area contributed by atoms with E-state index in [9.17, 15) is 10.1 Å². The van der Waals surface area contributed by atoms with E-state index in [2.05, 4.69) is 15.3 Å². The molecule has 0 aliphatic carbocycles. The first kappa shape index (κ1) is 17.5. The molecule has 2 aromatic rings. The highest BCUT2D eigenvalue weighted by molar-refractivity contribution is 5.85. The molecule has 1 atom stereocenters. The second-order valence-corrected chi connectivity index (χ2v) is 5.70. The molecule has 0 spiro atoms. The van der Waals surface area contributed by atoms with Crippen LogP contribution in [0.15, 0.2) is 18.2 Å². The molecule has 7 nitrogen and oxygen atoms in total. The van der Waals surface area contributed by atoms with Crippen molar-refractivity contribution in [3.63, 3.8) is 0 Å². The second-order valence-electron chi connectivity index (χ2n) is 5.70. The monoisotopic (exact) mass is 340 g/mol. The van der Waals surface area contributed by atoms with E-state index in [-0.39, 0.29) is 18.1 Å². The van der Waals surface area contributed by atoms with Crippen LogP contribution in [0.4, 0.5) is 5.69 Å². The minimum atomic E-state index is -0.418. The van der Waals surface area contributed by atoms with Gasteiger partial charge in [-0.3, -0.25) is 10.1 Å². The fraction of sp³-hybridized carbons (Fsp3) is 0.533. The van der Waals surface area contributed by atoms with Gasteiger partial charge in [-0.25, -0.2) is 0 Å². The summed E-state index contributed by atoms with van der Waals surface area (Å²) in [5.41, 5.74) is 1.35. The normalized spacial score (nSPS) is 17.7. The number of aromatic amines is 1. The number of hydrogen-bond acceptors (Lipinski definition) is 5. The number of benzene rings is 1. The summed E-state index contributed by atoms with van der Waals surface area (Å²) in [7, 11) is 0. The van der Waals surface area contributed by atoms with Gasteiger partial charge in [-0.05, 0) is 50.8 Å². The zero-order valence-electron chi connectivity index (χ0n) is 12.8. The van der Waals surface area contributed by atoms with Crippen LogP contribution >= 0.6 is 12.4 Å². The molecule has 0 saturated carbocycles. The van der Waals surface area contributed by atoms with Crippen molar-refractivity contribution < 1.29 is 9.66 Å². The van der Waals surface area contributed by atoms with Crippen LogP contribution in [0, 0.1) is 16.0 Å². The number of nitro groups is 1. The number of nitrogens with zero attached hydrogens (tertiary/aromatic N) is 2. The average Bonchev–Trinajstić information content (AvgIpc) is 2.94. The zero-order chi connectivity index (χ0) is 15.4. The highest BCUT2D eigenvalue weighted by atomic mass is 35.5. The fourth-order valence-electron chi connectivity index (χ4n) is 2.87. The average molecular weight is 341 g/mol. The molecule has 1 saturated heterocycles. The summed E-state index contributed by atoms with van der Waals surface area (Å²) in [6, 6.07) is 4.98. The van der Waals surface area contributed by atoms with E-state index >= 15 is 0 Å². The Bertz CT molecular complexity index is 655. The quantitative estimate of drug-likeness (QED) is 0.479. The Labute approximate surface area is 140 Å². The molecule has 126 valence electrons. The van der Waals surface area contributed by atoms with E-state index in [0.717, 1.165) is 31.8 Å². The first-order valence-corrected chi connectivity index (χ1v) is 7.70. The van der Waals surface area contributed by atoms with Crippen LogP contribution in [0.3, 0.4) is 0 Å². The predicted molar refractivity (Wildman–Crippen MR) is 90.3 cm³/mol. The molecular weight excluding hydrogens is 320 g/mol. The predicted octanol–water partition coefficient (Wildman–Crippen LogP) is 3.05. The number of aromatic nitrogens is 2. The maximum Gasteiger partial charge on any atom is 0.294 e. The van der Waals surface area contributed by atoms with Crippen LogP contribution in [-0.4, -0.2) is 34.6 Å². The number of hydrogen-bond donors (Lipinski definition) is 2. The zero-order valence-corrected chi connectivity index (χ0v) is 13.6. The number of ether oxygens (including phenoxy) is 1. The third-order valence-electron chi connectivity index (χ3n) is 4.05. The number of H-pyrrole nitrogens is 1. The number of nitrogens with one attached hydrogen (secondary N) is 2. The van der Waals surface area contributed by atoms with Crippen LogP contribution in [0.1, 0.15) is 25.7 Å². The first-order chi connectivity index (χ1) is 10.7. The molecule has 0 amide bonds. The standard InChI is InChI=1S/C15H20N4O3.ClH/c20-19(21)12-5-6-13-14(9-12)18-15(17-13)22-8-2-4-11-3-1-7-16-10-11;/h5-6,9,11,16H,1-4,7-8,10H2,(H,17,18);1H. The van der Waals surface area contributed by atoms with E-state index in [4.69, 9.17) is 4.74 Å². The Morgan fingerprint density at radius 3 is 3.04 bits per heavy atom. The largest absolute Gasteiger partial charge is 0.465 e. The Balaban J connectivity index is 0.00000192. The molecule has 0 bridgehead atoms. The minimum Gasteiger partial charge on any atom is -0.465 e. The van der Waals surface area contributed by atoms with Crippen molar-refractivity contribution in [1.29, 1.82) is 0 Å². The van der Waals surface area contributed by atoms with Crippen molar-refractivity contribution in [2.24, 2.45) is 5.92 Å². The molecule has 3 rings (SSSR count). The number of piperidine rings is 1. The molecule has 1 aromatic heterocycles. The number of halogens is 1. The van der Waals surface area contributed by atoms with Gasteiger partial charge in [0.2, 0.25) is 0 Å². The minimum absolute atomic E-state index is 0. The molecule has 0 radical (unpaired) electrons. The molecule has 2 heterocycles. The Morgan fingerprint density at radius 1 is 1.43 bits per heavy atom. The van der Waals surface area contributed by atoms with Gasteiger partial charge in [0.1, 0.15) is 0 Å². The van der Waals surface area contributed by atoms with Crippen LogP contribution in [0.2, 0.25) is 0 Å². The Kier molecular flexibility index (Phi) is 6.18. The summed E-state index contributed by atoms with van der Waals surface area (Å²) in [5, 5.41) is 14.2. The van der Waals surface area contributed by atoms with Crippen molar-refractivity contribution >= 4 is 29.1 Å². The smallest absolute Gasteiger partial charge is 0.294 e. The fourth-order valence-corrected chi connectivity index (χ4v) is 2.87. The summed E-state index contributed by atoms with van der Waals surface area (Å²) in [6.07, 6.45) is 4.69. The summed E-state index contributed by atoms with van der Waals surface area (Å²) < 4.78 is 5.63. The van der Waals surface area contributed by atoms with Gasteiger partial charge in [0.25, 0.3) is 11.7 Å². The van der Waals surface area contributed by atoms with E-state index in [1.54, 1.807) is 6.07 Å². The highest BCUT2D eigenvalue weighted by Crippen LogP contribution is 2.22. The highest BCUT2D eigenvalue weighted by Gasteiger charge is 2.13. The summed E-state index contributed by atoms with van der Waals surface area (Å²) in [5.74, 6) is 0.746. The van der Waals surface area contributed by atoms with Crippen molar-refractivity contribution in [2.45, 2.75) is 25.7 Å². The van der Waals surface area contributed by atoms with Gasteiger partial charge in [-0.1, -0.05) is 0 Å². The van der Waals surface area contributed by atoms with Gasteiger partial charge in [-0.15, -0.1) is 12.4 Å². The van der Waals surface area contributed by atoms with Crippen molar-refractivity contribution in [1.82, 2.24) is 15.3 Å². The molecular formula is C15H21ClN4O3. The molecule has 8 heteroatoms. The second kappa shape index (κ2) is 8.12. The number of imidazole rings is 1. The lowest BCUT2D eigenvalue weighted by Crippen LogP contribution is -2.29. The maximum absolute atomic E-state index is 10.7. The number of non-ortho nitro benzene ring substituents is 1. The molecule has 1 fully saturated rings. The lowest BCUT2D eigenvalue weighted by molar-refractivity contribution is -0.384. The number of nitro benzene ring substituents is 1. The van der Waals surface area contributed by atoms with E-state index in [1.165, 1.54) is 25.0 Å². The molecule has 1 unspecified atom stereocenters. The van der Waals surface area contributed by atoms with E-state index < -0.39 is 4.92 Å². The van der Waals surface area contributed by atoms with Crippen LogP contribution in [0.5, 0.6) is 6.01 Å². The van der Waals surface area contributed by atoms with Crippen molar-refractivity contribution in [3.8, 4) is 6.01 Å². The number of rotatable bonds is 6. The van der Waals surface area contributed by atoms with Crippen LogP contribution in [-0.2, 0) is 0 Å². The molecule has 1 aromatic carbocycles. The van der Waals surface area contributed by atoms with Crippen molar-refractivity contribution in [2.75, 3.05) is 19.7 Å². The Morgan fingerprint density at radius 2 is 2.30 bits per heavy atom. The summed E-state index contributed by atoms with van der Waals surface area (Å²) >= 11 is 0. The third-order valence-corrected chi connectivity index (χ3v) is 4.05. The Hall–Kier alpha value is -1.86. The van der Waals surface area contributed by atoms with Crippen molar-refractivity contribution in [3.05, 3.63) is 28.3 Å². The van der Waals surface area contributed by atoms with Gasteiger partial charge in [-0.2, -0.15) is 4.98 Å². The van der Waals surface area contributed by atoms with Crippen LogP contribution in [0.25, 0.3) is 11.0 Å². The lowest BCUT2D eigenvalue weighted by Gasteiger charge is -2.22.